The van der Waals surface area contributed by atoms with E-state index in [2.05, 4.69) is 13.5 Å². The van der Waals surface area contributed by atoms with Crippen molar-refractivity contribution in [2.45, 2.75) is 32.6 Å². The van der Waals surface area contributed by atoms with E-state index in [0.29, 0.717) is 0 Å². The second-order valence-corrected chi connectivity index (χ2v) is 2.74. The van der Waals surface area contributed by atoms with Crippen molar-refractivity contribution in [2.75, 3.05) is 0 Å². The van der Waals surface area contributed by atoms with Crippen molar-refractivity contribution in [3.8, 4) is 0 Å². The van der Waals surface area contributed by atoms with Crippen LogP contribution in [-0.4, -0.2) is 5.91 Å². The predicted molar refractivity (Wildman–Crippen MR) is 47.0 cm³/mol. The molecule has 0 spiro atoms. The Balaban J connectivity index is 3.52. The number of unbranched alkanes of at least 4 members (excludes halogenated alkanes) is 2. The van der Waals surface area contributed by atoms with Crippen LogP contribution in [0.4, 0.5) is 0 Å². The highest BCUT2D eigenvalue weighted by atomic mass is 16.1. The van der Waals surface area contributed by atoms with Crippen molar-refractivity contribution in [3.05, 3.63) is 12.7 Å². The third-order valence-corrected chi connectivity index (χ3v) is 1.77. The summed E-state index contributed by atoms with van der Waals surface area (Å²) in [6.07, 6.45) is 5.89. The van der Waals surface area contributed by atoms with Gasteiger partial charge in [-0.2, -0.15) is 0 Å². The molecule has 0 aliphatic carbocycles. The number of carbonyl (C=O) groups excluding carboxylic acids is 1. The summed E-state index contributed by atoms with van der Waals surface area (Å²) in [5.74, 6) is -0.377. The molecule has 0 heterocycles. The van der Waals surface area contributed by atoms with Gasteiger partial charge in [-0.1, -0.05) is 32.3 Å². The Morgan fingerprint density at radius 2 is 2.27 bits per heavy atom. The summed E-state index contributed by atoms with van der Waals surface area (Å²) in [5, 5.41) is 0. The maximum Gasteiger partial charge on any atom is 0.224 e. The average molecular weight is 155 g/mol. The van der Waals surface area contributed by atoms with Crippen molar-refractivity contribution in [1.29, 1.82) is 0 Å². The summed E-state index contributed by atoms with van der Waals surface area (Å²) >= 11 is 0. The van der Waals surface area contributed by atoms with Crippen molar-refractivity contribution >= 4 is 5.91 Å². The topological polar surface area (TPSA) is 43.1 Å². The highest BCUT2D eigenvalue weighted by molar-refractivity contribution is 5.78. The number of amides is 1. The van der Waals surface area contributed by atoms with Crippen LogP contribution in [0.2, 0.25) is 0 Å². The molecule has 0 aliphatic rings. The van der Waals surface area contributed by atoms with Gasteiger partial charge in [-0.05, 0) is 6.42 Å². The molecule has 0 saturated heterocycles. The van der Waals surface area contributed by atoms with Crippen LogP contribution >= 0.6 is 0 Å². The van der Waals surface area contributed by atoms with Gasteiger partial charge in [-0.25, -0.2) is 0 Å². The van der Waals surface area contributed by atoms with Crippen LogP contribution in [0.5, 0.6) is 0 Å². The molecule has 0 rings (SSSR count). The minimum Gasteiger partial charge on any atom is -0.369 e. The van der Waals surface area contributed by atoms with E-state index >= 15 is 0 Å². The lowest BCUT2D eigenvalue weighted by molar-refractivity contribution is -0.120. The molecule has 2 N–H and O–H groups in total. The van der Waals surface area contributed by atoms with Crippen LogP contribution in [-0.2, 0) is 4.79 Å². The molecule has 0 aromatic rings. The zero-order valence-electron chi connectivity index (χ0n) is 7.18. The summed E-state index contributed by atoms with van der Waals surface area (Å²) in [6, 6.07) is 0. The van der Waals surface area contributed by atoms with E-state index in [9.17, 15) is 4.79 Å². The Morgan fingerprint density at radius 3 is 2.64 bits per heavy atom. The lowest BCUT2D eigenvalue weighted by atomic mass is 10.0. The fourth-order valence-electron chi connectivity index (χ4n) is 0.991. The molecule has 2 nitrogen and oxygen atoms in total. The van der Waals surface area contributed by atoms with Gasteiger partial charge in [0.1, 0.15) is 0 Å². The molecule has 64 valence electrons. The van der Waals surface area contributed by atoms with E-state index in [1.807, 2.05) is 0 Å². The molecule has 0 fully saturated rings. The normalized spacial score (nSPS) is 12.5. The van der Waals surface area contributed by atoms with Crippen molar-refractivity contribution in [3.63, 3.8) is 0 Å². The summed E-state index contributed by atoms with van der Waals surface area (Å²) in [7, 11) is 0. The summed E-state index contributed by atoms with van der Waals surface area (Å²) < 4.78 is 0. The molecule has 0 unspecified atom stereocenters. The minimum atomic E-state index is -0.254. The molecule has 0 saturated carbocycles. The van der Waals surface area contributed by atoms with Gasteiger partial charge in [0.05, 0.1) is 5.92 Å². The molecule has 0 aliphatic heterocycles. The molecule has 0 aromatic heterocycles. The van der Waals surface area contributed by atoms with E-state index in [1.165, 1.54) is 6.42 Å². The van der Waals surface area contributed by atoms with Gasteiger partial charge >= 0.3 is 0 Å². The first-order chi connectivity index (χ1) is 5.22. The fourth-order valence-corrected chi connectivity index (χ4v) is 0.991. The van der Waals surface area contributed by atoms with Crippen LogP contribution < -0.4 is 5.73 Å². The zero-order chi connectivity index (χ0) is 8.69. The third kappa shape index (κ3) is 4.59. The molecule has 11 heavy (non-hydrogen) atoms. The van der Waals surface area contributed by atoms with Gasteiger partial charge < -0.3 is 5.73 Å². The first kappa shape index (κ1) is 10.2. The molecular weight excluding hydrogens is 138 g/mol. The number of carbonyl (C=O) groups is 1. The average Bonchev–Trinajstić information content (AvgIpc) is 1.97. The summed E-state index contributed by atoms with van der Waals surface area (Å²) in [5.41, 5.74) is 5.12. The van der Waals surface area contributed by atoms with Gasteiger partial charge in [0.15, 0.2) is 0 Å². The Kier molecular flexibility index (Phi) is 5.53. The van der Waals surface area contributed by atoms with Crippen LogP contribution in [0.3, 0.4) is 0 Å². The van der Waals surface area contributed by atoms with Gasteiger partial charge in [-0.15, -0.1) is 6.58 Å². The first-order valence-electron chi connectivity index (χ1n) is 4.14. The predicted octanol–water partition coefficient (Wildman–Crippen LogP) is 1.85. The molecule has 0 aromatic carbocycles. The minimum absolute atomic E-state index is 0.124. The van der Waals surface area contributed by atoms with Gasteiger partial charge in [0.2, 0.25) is 5.91 Å². The largest absolute Gasteiger partial charge is 0.369 e. The highest BCUT2D eigenvalue weighted by Gasteiger charge is 2.08. The molecule has 2 heteroatoms. The Hall–Kier alpha value is -0.790. The first-order valence-corrected chi connectivity index (χ1v) is 4.14. The van der Waals surface area contributed by atoms with E-state index in [0.717, 1.165) is 19.3 Å². The number of primary amides is 1. The standard InChI is InChI=1S/C9H17NO/c1-3-5-6-7-8(4-2)9(10)11/h4,8H,2-3,5-7H2,1H3,(H2,10,11)/t8-/m1/s1. The van der Waals surface area contributed by atoms with E-state index in [1.54, 1.807) is 6.08 Å². The van der Waals surface area contributed by atoms with Gasteiger partial charge in [-0.3, -0.25) is 4.79 Å². The second kappa shape index (κ2) is 5.96. The number of hydrogen-bond donors (Lipinski definition) is 1. The van der Waals surface area contributed by atoms with Gasteiger partial charge in [0.25, 0.3) is 0 Å². The second-order valence-electron chi connectivity index (χ2n) is 2.74. The lowest BCUT2D eigenvalue weighted by Crippen LogP contribution is -2.21. The zero-order valence-corrected chi connectivity index (χ0v) is 7.18. The highest BCUT2D eigenvalue weighted by Crippen LogP contribution is 2.09. The summed E-state index contributed by atoms with van der Waals surface area (Å²) in [4.78, 5) is 10.7. The van der Waals surface area contributed by atoms with Crippen LogP contribution in [0, 0.1) is 5.92 Å². The summed E-state index contributed by atoms with van der Waals surface area (Å²) in [6.45, 7) is 5.69. The Labute approximate surface area is 68.5 Å². The quantitative estimate of drug-likeness (QED) is 0.461. The lowest BCUT2D eigenvalue weighted by Gasteiger charge is -2.05. The van der Waals surface area contributed by atoms with Crippen molar-refractivity contribution in [1.82, 2.24) is 0 Å². The van der Waals surface area contributed by atoms with E-state index < -0.39 is 0 Å². The van der Waals surface area contributed by atoms with E-state index in [-0.39, 0.29) is 11.8 Å². The molecule has 0 radical (unpaired) electrons. The molecular formula is C9H17NO. The van der Waals surface area contributed by atoms with Crippen molar-refractivity contribution in [2.24, 2.45) is 11.7 Å². The third-order valence-electron chi connectivity index (χ3n) is 1.77. The Morgan fingerprint density at radius 1 is 1.64 bits per heavy atom. The number of rotatable bonds is 6. The molecule has 1 amide bonds. The van der Waals surface area contributed by atoms with Crippen LogP contribution in [0.25, 0.3) is 0 Å². The van der Waals surface area contributed by atoms with Crippen LogP contribution in [0.15, 0.2) is 12.7 Å². The maximum atomic E-state index is 10.7. The Bertz CT molecular complexity index is 132. The van der Waals surface area contributed by atoms with Crippen molar-refractivity contribution < 1.29 is 4.79 Å². The number of nitrogens with two attached hydrogens (primary N) is 1. The number of hydrogen-bond acceptors (Lipinski definition) is 1. The fraction of sp³-hybridized carbons (Fsp3) is 0.667. The van der Waals surface area contributed by atoms with Crippen LogP contribution in [0.1, 0.15) is 32.6 Å². The van der Waals surface area contributed by atoms with Gasteiger partial charge in [0, 0.05) is 0 Å². The molecule has 1 atom stereocenters. The molecule has 0 bridgehead atoms. The SMILES string of the molecule is C=C[C@H](CCCCC)C(N)=O. The monoisotopic (exact) mass is 155 g/mol. The van der Waals surface area contributed by atoms with E-state index in [4.69, 9.17) is 5.73 Å². The smallest absolute Gasteiger partial charge is 0.224 e. The maximum absolute atomic E-state index is 10.7.